The Balaban J connectivity index is 2.00. The number of aromatic amines is 1. The number of rotatable bonds is 3. The molecular weight excluding hydrogens is 328 g/mol. The molecule has 0 saturated heterocycles. The van der Waals surface area contributed by atoms with Crippen LogP contribution in [0, 0.1) is 0 Å². The van der Waals surface area contributed by atoms with Gasteiger partial charge in [-0.05, 0) is 25.1 Å². The molecule has 2 heterocycles. The molecule has 4 rings (SSSR count). The number of anilines is 1. The molecule has 0 radical (unpaired) electrons. The standard InChI is InChI=1S/C20H18N4O2/c1-3-24(13-9-5-4-6-10-13)20(26)17-16-14-11-7-8-12-15(14)23(2)18(16)19(25)22-21-17/h4-12H,3H2,1-2H3,(H,22,25). The van der Waals surface area contributed by atoms with Crippen LogP contribution in [0.1, 0.15) is 17.4 Å². The van der Waals surface area contributed by atoms with Gasteiger partial charge in [0.25, 0.3) is 11.5 Å². The molecule has 2 aromatic carbocycles. The Morgan fingerprint density at radius 3 is 2.54 bits per heavy atom. The molecule has 0 atom stereocenters. The SMILES string of the molecule is CCN(C(=O)c1n[nH]c(=O)c2c1c1ccccc1n2C)c1ccccc1. The first kappa shape index (κ1) is 16.1. The molecule has 0 aliphatic rings. The number of amides is 1. The van der Waals surface area contributed by atoms with E-state index in [1.165, 1.54) is 0 Å². The lowest BCUT2D eigenvalue weighted by Gasteiger charge is -2.20. The third kappa shape index (κ3) is 2.30. The Kier molecular flexibility index (Phi) is 3.80. The molecule has 0 unspecified atom stereocenters. The largest absolute Gasteiger partial charge is 0.339 e. The van der Waals surface area contributed by atoms with Crippen LogP contribution in [0.25, 0.3) is 21.8 Å². The number of aryl methyl sites for hydroxylation is 1. The van der Waals surface area contributed by atoms with Crippen LogP contribution in [0.2, 0.25) is 0 Å². The van der Waals surface area contributed by atoms with Gasteiger partial charge in [-0.3, -0.25) is 9.59 Å². The van der Waals surface area contributed by atoms with E-state index < -0.39 is 0 Å². The Labute approximate surface area is 149 Å². The fourth-order valence-corrected chi connectivity index (χ4v) is 3.45. The number of para-hydroxylation sites is 2. The first-order chi connectivity index (χ1) is 12.6. The average Bonchev–Trinajstić information content (AvgIpc) is 2.98. The van der Waals surface area contributed by atoms with Crippen molar-refractivity contribution >= 4 is 33.4 Å². The minimum atomic E-state index is -0.307. The van der Waals surface area contributed by atoms with Crippen LogP contribution in [0.4, 0.5) is 5.69 Å². The fourth-order valence-electron chi connectivity index (χ4n) is 3.45. The summed E-state index contributed by atoms with van der Waals surface area (Å²) < 4.78 is 1.81. The van der Waals surface area contributed by atoms with Crippen LogP contribution < -0.4 is 10.5 Å². The van der Waals surface area contributed by atoms with Gasteiger partial charge in [0.15, 0.2) is 5.69 Å². The summed E-state index contributed by atoms with van der Waals surface area (Å²) in [6.07, 6.45) is 0. The molecule has 6 heteroatoms. The summed E-state index contributed by atoms with van der Waals surface area (Å²) in [5, 5.41) is 8.04. The van der Waals surface area contributed by atoms with Crippen molar-refractivity contribution in [3.05, 3.63) is 70.6 Å². The highest BCUT2D eigenvalue weighted by molar-refractivity contribution is 6.20. The van der Waals surface area contributed by atoms with Crippen LogP contribution in [-0.2, 0) is 7.05 Å². The third-order valence-corrected chi connectivity index (χ3v) is 4.66. The molecule has 0 saturated carbocycles. The summed E-state index contributed by atoms with van der Waals surface area (Å²) >= 11 is 0. The maximum atomic E-state index is 13.3. The van der Waals surface area contributed by atoms with Crippen molar-refractivity contribution in [1.29, 1.82) is 0 Å². The molecule has 0 bridgehead atoms. The van der Waals surface area contributed by atoms with E-state index >= 15 is 0 Å². The molecule has 4 aromatic rings. The Morgan fingerprint density at radius 1 is 1.12 bits per heavy atom. The van der Waals surface area contributed by atoms with E-state index in [9.17, 15) is 9.59 Å². The second kappa shape index (κ2) is 6.15. The molecule has 0 spiro atoms. The summed E-state index contributed by atoms with van der Waals surface area (Å²) in [5.74, 6) is -0.240. The topological polar surface area (TPSA) is 71.0 Å². The zero-order chi connectivity index (χ0) is 18.3. The minimum absolute atomic E-state index is 0.240. The van der Waals surface area contributed by atoms with Gasteiger partial charge >= 0.3 is 0 Å². The molecule has 130 valence electrons. The number of benzene rings is 2. The van der Waals surface area contributed by atoms with Gasteiger partial charge in [-0.1, -0.05) is 36.4 Å². The number of fused-ring (bicyclic) bond motifs is 3. The van der Waals surface area contributed by atoms with Crippen molar-refractivity contribution in [1.82, 2.24) is 14.8 Å². The van der Waals surface area contributed by atoms with Crippen molar-refractivity contribution in [2.45, 2.75) is 6.92 Å². The molecule has 0 aliphatic heterocycles. The molecular formula is C20H18N4O2. The lowest BCUT2D eigenvalue weighted by molar-refractivity contribution is 0.0984. The number of carbonyl (C=O) groups excluding carboxylic acids is 1. The number of nitrogens with zero attached hydrogens (tertiary/aromatic N) is 3. The molecule has 1 N–H and O–H groups in total. The summed E-state index contributed by atoms with van der Waals surface area (Å²) in [5.41, 5.74) is 2.08. The van der Waals surface area contributed by atoms with E-state index in [0.29, 0.717) is 17.4 Å². The zero-order valence-electron chi connectivity index (χ0n) is 14.6. The monoisotopic (exact) mass is 346 g/mol. The van der Waals surface area contributed by atoms with Crippen LogP contribution in [0.15, 0.2) is 59.4 Å². The molecule has 26 heavy (non-hydrogen) atoms. The highest BCUT2D eigenvalue weighted by Gasteiger charge is 2.24. The minimum Gasteiger partial charge on any atom is -0.339 e. The normalized spacial score (nSPS) is 11.2. The van der Waals surface area contributed by atoms with E-state index in [1.807, 2.05) is 68.6 Å². The summed E-state index contributed by atoms with van der Waals surface area (Å²) in [7, 11) is 1.82. The number of hydrogen-bond acceptors (Lipinski definition) is 3. The maximum Gasteiger partial charge on any atom is 0.288 e. The predicted octanol–water partition coefficient (Wildman–Crippen LogP) is 3.08. The lowest BCUT2D eigenvalue weighted by Crippen LogP contribution is -2.32. The highest BCUT2D eigenvalue weighted by atomic mass is 16.2. The van der Waals surface area contributed by atoms with Crippen molar-refractivity contribution in [2.24, 2.45) is 7.05 Å². The van der Waals surface area contributed by atoms with Gasteiger partial charge < -0.3 is 9.47 Å². The predicted molar refractivity (Wildman–Crippen MR) is 103 cm³/mol. The van der Waals surface area contributed by atoms with Gasteiger partial charge in [0, 0.05) is 35.6 Å². The van der Waals surface area contributed by atoms with Gasteiger partial charge in [-0.25, -0.2) is 5.10 Å². The second-order valence-corrected chi connectivity index (χ2v) is 6.09. The van der Waals surface area contributed by atoms with Crippen LogP contribution >= 0.6 is 0 Å². The second-order valence-electron chi connectivity index (χ2n) is 6.09. The highest BCUT2D eigenvalue weighted by Crippen LogP contribution is 2.29. The third-order valence-electron chi connectivity index (χ3n) is 4.66. The van der Waals surface area contributed by atoms with Gasteiger partial charge in [0.2, 0.25) is 0 Å². The summed E-state index contributed by atoms with van der Waals surface area (Å²) in [4.78, 5) is 27.3. The van der Waals surface area contributed by atoms with Gasteiger partial charge in [-0.15, -0.1) is 0 Å². The number of nitrogens with one attached hydrogen (secondary N) is 1. The van der Waals surface area contributed by atoms with E-state index in [-0.39, 0.29) is 17.2 Å². The molecule has 2 aromatic heterocycles. The number of hydrogen-bond donors (Lipinski definition) is 1. The first-order valence-corrected chi connectivity index (χ1v) is 8.46. The Hall–Kier alpha value is -3.41. The zero-order valence-corrected chi connectivity index (χ0v) is 14.6. The van der Waals surface area contributed by atoms with Gasteiger partial charge in [0.05, 0.1) is 0 Å². The summed E-state index contributed by atoms with van der Waals surface area (Å²) in [6.45, 7) is 2.41. The summed E-state index contributed by atoms with van der Waals surface area (Å²) in [6, 6.07) is 17.1. The van der Waals surface area contributed by atoms with E-state index in [4.69, 9.17) is 0 Å². The lowest BCUT2D eigenvalue weighted by atomic mass is 10.1. The Morgan fingerprint density at radius 2 is 1.81 bits per heavy atom. The van der Waals surface area contributed by atoms with E-state index in [1.54, 1.807) is 9.47 Å². The van der Waals surface area contributed by atoms with Crippen molar-refractivity contribution in [2.75, 3.05) is 11.4 Å². The van der Waals surface area contributed by atoms with Crippen molar-refractivity contribution in [3.8, 4) is 0 Å². The maximum absolute atomic E-state index is 13.3. The van der Waals surface area contributed by atoms with Crippen LogP contribution in [-0.4, -0.2) is 27.2 Å². The quantitative estimate of drug-likeness (QED) is 0.620. The van der Waals surface area contributed by atoms with Crippen molar-refractivity contribution < 1.29 is 4.79 Å². The molecule has 6 nitrogen and oxygen atoms in total. The van der Waals surface area contributed by atoms with E-state index in [2.05, 4.69) is 10.2 Å². The van der Waals surface area contributed by atoms with Gasteiger partial charge in [0.1, 0.15) is 5.52 Å². The fraction of sp³-hybridized carbons (Fsp3) is 0.150. The van der Waals surface area contributed by atoms with Crippen LogP contribution in [0.3, 0.4) is 0 Å². The average molecular weight is 346 g/mol. The smallest absolute Gasteiger partial charge is 0.288 e. The molecule has 0 aliphatic carbocycles. The van der Waals surface area contributed by atoms with Gasteiger partial charge in [-0.2, -0.15) is 5.10 Å². The first-order valence-electron chi connectivity index (χ1n) is 8.46. The number of H-pyrrole nitrogens is 1. The number of aromatic nitrogens is 3. The molecule has 0 fully saturated rings. The number of carbonyl (C=O) groups is 1. The van der Waals surface area contributed by atoms with Crippen molar-refractivity contribution in [3.63, 3.8) is 0 Å². The Bertz CT molecular complexity index is 1180. The van der Waals surface area contributed by atoms with E-state index in [0.717, 1.165) is 16.6 Å². The molecule has 1 amide bonds. The van der Waals surface area contributed by atoms with Crippen LogP contribution in [0.5, 0.6) is 0 Å².